The summed E-state index contributed by atoms with van der Waals surface area (Å²) in [6.07, 6.45) is 6.76. The molecule has 0 unspecified atom stereocenters. The maximum Gasteiger partial charge on any atom is 0.315 e. The van der Waals surface area contributed by atoms with Gasteiger partial charge in [0.2, 0.25) is 0 Å². The molecule has 22 heavy (non-hydrogen) atoms. The molecule has 1 aromatic rings. The van der Waals surface area contributed by atoms with Gasteiger partial charge in [-0.05, 0) is 32.6 Å². The summed E-state index contributed by atoms with van der Waals surface area (Å²) in [5, 5.41) is 14.3. The number of hydrogen-bond acceptors (Lipinski definition) is 4. The fraction of sp³-hybridized carbons (Fsp3) is 0.800. The molecule has 2 atom stereocenters. The fourth-order valence-electron chi connectivity index (χ4n) is 3.18. The second-order valence-electron chi connectivity index (χ2n) is 6.16. The molecule has 2 aliphatic rings. The van der Waals surface area contributed by atoms with Crippen LogP contribution in [-0.4, -0.2) is 39.5 Å². The van der Waals surface area contributed by atoms with Crippen LogP contribution >= 0.6 is 0 Å². The lowest BCUT2D eigenvalue weighted by Crippen LogP contribution is -2.45. The van der Waals surface area contributed by atoms with Gasteiger partial charge in [0, 0.05) is 19.6 Å². The average Bonchev–Trinajstić information content (AvgIpc) is 3.11. The third-order valence-electron chi connectivity index (χ3n) is 4.47. The van der Waals surface area contributed by atoms with Gasteiger partial charge in [-0.1, -0.05) is 6.42 Å². The number of rotatable bonds is 4. The molecule has 7 nitrogen and oxygen atoms in total. The smallest absolute Gasteiger partial charge is 0.315 e. The van der Waals surface area contributed by atoms with E-state index in [9.17, 15) is 4.79 Å². The Labute approximate surface area is 130 Å². The number of aromatic nitrogens is 3. The van der Waals surface area contributed by atoms with Crippen LogP contribution in [0.1, 0.15) is 50.7 Å². The Balaban J connectivity index is 1.49. The Morgan fingerprint density at radius 3 is 3.09 bits per heavy atom. The Hall–Kier alpha value is -1.63. The number of amides is 2. The van der Waals surface area contributed by atoms with Gasteiger partial charge in [-0.2, -0.15) is 0 Å². The molecule has 3 heterocycles. The minimum absolute atomic E-state index is 0.0259. The normalized spacial score (nSPS) is 22.7. The number of nitrogens with one attached hydrogen (secondary N) is 2. The zero-order valence-electron chi connectivity index (χ0n) is 13.2. The molecule has 0 spiro atoms. The van der Waals surface area contributed by atoms with Crippen molar-refractivity contribution < 1.29 is 9.53 Å². The lowest BCUT2D eigenvalue weighted by atomic mass is 10.1. The molecule has 0 saturated carbocycles. The lowest BCUT2D eigenvalue weighted by Gasteiger charge is -2.20. The van der Waals surface area contributed by atoms with Crippen LogP contribution in [0.3, 0.4) is 0 Å². The SMILES string of the molecule is C[C@@H](NC(=O)NCc1nnc2n1CCCCC2)[C@@H]1CCCO1. The molecule has 1 saturated heterocycles. The van der Waals surface area contributed by atoms with E-state index in [4.69, 9.17) is 4.74 Å². The number of carbonyl (C=O) groups excluding carboxylic acids is 1. The lowest BCUT2D eigenvalue weighted by molar-refractivity contribution is 0.0860. The minimum atomic E-state index is -0.172. The molecule has 1 aromatic heterocycles. The van der Waals surface area contributed by atoms with Crippen molar-refractivity contribution in [3.8, 4) is 0 Å². The van der Waals surface area contributed by atoms with Crippen molar-refractivity contribution >= 4 is 6.03 Å². The number of nitrogens with zero attached hydrogens (tertiary/aromatic N) is 3. The summed E-state index contributed by atoms with van der Waals surface area (Å²) in [4.78, 5) is 12.0. The van der Waals surface area contributed by atoms with E-state index in [2.05, 4.69) is 25.4 Å². The van der Waals surface area contributed by atoms with Crippen LogP contribution < -0.4 is 10.6 Å². The zero-order valence-corrected chi connectivity index (χ0v) is 13.2. The highest BCUT2D eigenvalue weighted by Crippen LogP contribution is 2.16. The first kappa shape index (κ1) is 15.3. The van der Waals surface area contributed by atoms with Gasteiger partial charge in [0.25, 0.3) is 0 Å². The third kappa shape index (κ3) is 3.58. The topological polar surface area (TPSA) is 81.1 Å². The molecule has 3 rings (SSSR count). The van der Waals surface area contributed by atoms with E-state index in [1.54, 1.807) is 0 Å². The van der Waals surface area contributed by atoms with Gasteiger partial charge < -0.3 is 19.9 Å². The summed E-state index contributed by atoms with van der Waals surface area (Å²) in [6, 6.07) is -0.146. The Kier molecular flexibility index (Phi) is 4.92. The van der Waals surface area contributed by atoms with Crippen LogP contribution in [0.2, 0.25) is 0 Å². The highest BCUT2D eigenvalue weighted by molar-refractivity contribution is 5.74. The van der Waals surface area contributed by atoms with Crippen molar-refractivity contribution in [2.75, 3.05) is 6.61 Å². The largest absolute Gasteiger partial charge is 0.376 e. The summed E-state index contributed by atoms with van der Waals surface area (Å²) < 4.78 is 7.73. The minimum Gasteiger partial charge on any atom is -0.376 e. The molecule has 0 aliphatic carbocycles. The molecule has 1 fully saturated rings. The van der Waals surface area contributed by atoms with Crippen molar-refractivity contribution in [1.29, 1.82) is 0 Å². The molecule has 7 heteroatoms. The maximum absolute atomic E-state index is 12.0. The molecule has 2 amide bonds. The molecule has 0 bridgehead atoms. The summed E-state index contributed by atoms with van der Waals surface area (Å²) in [7, 11) is 0. The van der Waals surface area contributed by atoms with Gasteiger partial charge in [-0.3, -0.25) is 0 Å². The van der Waals surface area contributed by atoms with E-state index in [1.165, 1.54) is 12.8 Å². The van der Waals surface area contributed by atoms with E-state index in [1.807, 2.05) is 6.92 Å². The summed E-state index contributed by atoms with van der Waals surface area (Å²) in [5.41, 5.74) is 0. The van der Waals surface area contributed by atoms with Gasteiger partial charge in [0.05, 0.1) is 18.7 Å². The highest BCUT2D eigenvalue weighted by Gasteiger charge is 2.23. The number of aryl methyl sites for hydroxylation is 1. The second kappa shape index (κ2) is 7.09. The molecule has 2 aliphatic heterocycles. The summed E-state index contributed by atoms with van der Waals surface area (Å²) in [5.74, 6) is 1.89. The Morgan fingerprint density at radius 1 is 1.36 bits per heavy atom. The molecular weight excluding hydrogens is 282 g/mol. The van der Waals surface area contributed by atoms with Gasteiger partial charge in [-0.15, -0.1) is 10.2 Å². The predicted octanol–water partition coefficient (Wildman–Crippen LogP) is 1.37. The van der Waals surface area contributed by atoms with Crippen LogP contribution in [-0.2, 0) is 24.2 Å². The number of urea groups is 1. The van der Waals surface area contributed by atoms with Crippen LogP contribution in [0.15, 0.2) is 0 Å². The molecule has 122 valence electrons. The number of hydrogen-bond donors (Lipinski definition) is 2. The van der Waals surface area contributed by atoms with Gasteiger partial charge in [0.15, 0.2) is 5.82 Å². The van der Waals surface area contributed by atoms with E-state index >= 15 is 0 Å². The molecule has 2 N–H and O–H groups in total. The Bertz CT molecular complexity index is 510. The molecular formula is C15H25N5O2. The van der Waals surface area contributed by atoms with Crippen LogP contribution in [0.5, 0.6) is 0 Å². The monoisotopic (exact) mass is 307 g/mol. The summed E-state index contributed by atoms with van der Waals surface area (Å²) >= 11 is 0. The van der Waals surface area contributed by atoms with Crippen molar-refractivity contribution in [2.24, 2.45) is 0 Å². The third-order valence-corrected chi connectivity index (χ3v) is 4.47. The highest BCUT2D eigenvalue weighted by atomic mass is 16.5. The van der Waals surface area contributed by atoms with Gasteiger partial charge in [-0.25, -0.2) is 4.79 Å². The quantitative estimate of drug-likeness (QED) is 0.880. The average molecular weight is 307 g/mol. The maximum atomic E-state index is 12.0. The van der Waals surface area contributed by atoms with Crippen molar-refractivity contribution in [3.05, 3.63) is 11.6 Å². The van der Waals surface area contributed by atoms with E-state index in [0.29, 0.717) is 6.54 Å². The fourth-order valence-corrected chi connectivity index (χ4v) is 3.18. The second-order valence-corrected chi connectivity index (χ2v) is 6.16. The molecule has 0 radical (unpaired) electrons. The zero-order chi connectivity index (χ0) is 15.4. The number of fused-ring (bicyclic) bond motifs is 1. The van der Waals surface area contributed by atoms with E-state index < -0.39 is 0 Å². The van der Waals surface area contributed by atoms with Gasteiger partial charge >= 0.3 is 6.03 Å². The van der Waals surface area contributed by atoms with E-state index in [0.717, 1.165) is 50.5 Å². The standard InChI is InChI=1S/C15H25N5O2/c1-11(12-6-5-9-22-12)17-15(21)16-10-14-19-18-13-7-3-2-4-8-20(13)14/h11-12H,2-10H2,1H3,(H2,16,17,21)/t11-,12+/m1/s1. The molecule has 0 aromatic carbocycles. The Morgan fingerprint density at radius 2 is 2.27 bits per heavy atom. The van der Waals surface area contributed by atoms with Crippen LogP contribution in [0.25, 0.3) is 0 Å². The number of ether oxygens (including phenoxy) is 1. The van der Waals surface area contributed by atoms with Crippen molar-refractivity contribution in [1.82, 2.24) is 25.4 Å². The van der Waals surface area contributed by atoms with Crippen molar-refractivity contribution in [2.45, 2.75) is 70.7 Å². The first-order valence-electron chi connectivity index (χ1n) is 8.31. The van der Waals surface area contributed by atoms with Gasteiger partial charge in [0.1, 0.15) is 5.82 Å². The van der Waals surface area contributed by atoms with Crippen LogP contribution in [0.4, 0.5) is 4.79 Å². The van der Waals surface area contributed by atoms with Crippen molar-refractivity contribution in [3.63, 3.8) is 0 Å². The summed E-state index contributed by atoms with van der Waals surface area (Å²) in [6.45, 7) is 4.15. The first-order valence-corrected chi connectivity index (χ1v) is 8.31. The predicted molar refractivity (Wildman–Crippen MR) is 81.4 cm³/mol. The first-order chi connectivity index (χ1) is 10.7. The van der Waals surface area contributed by atoms with E-state index in [-0.39, 0.29) is 18.2 Å². The van der Waals surface area contributed by atoms with Crippen LogP contribution in [0, 0.1) is 0 Å². The number of carbonyl (C=O) groups is 1.